The molecule has 1 N–H and O–H groups in total. The van der Waals surface area contributed by atoms with Gasteiger partial charge in [-0.25, -0.2) is 8.42 Å². The van der Waals surface area contributed by atoms with Crippen molar-refractivity contribution < 1.29 is 17.9 Å². The van der Waals surface area contributed by atoms with Crippen molar-refractivity contribution in [3.8, 4) is 0 Å². The van der Waals surface area contributed by atoms with Gasteiger partial charge in [-0.2, -0.15) is 4.72 Å². The van der Waals surface area contributed by atoms with Crippen molar-refractivity contribution in [1.82, 2.24) is 4.72 Å². The van der Waals surface area contributed by atoms with Crippen molar-refractivity contribution >= 4 is 39.2 Å². The van der Waals surface area contributed by atoms with Gasteiger partial charge in [0, 0.05) is 5.02 Å². The van der Waals surface area contributed by atoms with Gasteiger partial charge in [0.05, 0.1) is 12.1 Å². The van der Waals surface area contributed by atoms with Crippen molar-refractivity contribution in [2.75, 3.05) is 7.11 Å². The second-order valence-electron chi connectivity index (χ2n) is 4.90. The van der Waals surface area contributed by atoms with E-state index < -0.39 is 22.0 Å². The first-order chi connectivity index (χ1) is 9.67. The molecule has 0 saturated heterocycles. The molecule has 0 aliphatic carbocycles. The first-order valence-electron chi connectivity index (χ1n) is 6.22. The Morgan fingerprint density at radius 3 is 2.48 bits per heavy atom. The third-order valence-electron chi connectivity index (χ3n) is 2.67. The Hall–Kier alpha value is -0.820. The third-order valence-corrected chi connectivity index (χ3v) is 4.86. The van der Waals surface area contributed by atoms with E-state index in [4.69, 9.17) is 23.2 Å². The summed E-state index contributed by atoms with van der Waals surface area (Å²) in [7, 11) is -2.78. The highest BCUT2D eigenvalue weighted by molar-refractivity contribution is 7.89. The second-order valence-corrected chi connectivity index (χ2v) is 7.43. The lowest BCUT2D eigenvalue weighted by molar-refractivity contribution is -0.143. The molecule has 0 aliphatic heterocycles. The number of hydrogen-bond donors (Lipinski definition) is 1. The molecule has 0 fully saturated rings. The molecule has 118 valence electrons. The summed E-state index contributed by atoms with van der Waals surface area (Å²) in [4.78, 5) is 11.5. The van der Waals surface area contributed by atoms with Crippen LogP contribution in [-0.2, 0) is 19.6 Å². The number of carbonyl (C=O) groups is 1. The number of hydrogen-bond acceptors (Lipinski definition) is 4. The van der Waals surface area contributed by atoms with Crippen molar-refractivity contribution in [3.63, 3.8) is 0 Å². The molecule has 0 radical (unpaired) electrons. The smallest absolute Gasteiger partial charge is 0.323 e. The topological polar surface area (TPSA) is 72.5 Å². The number of rotatable bonds is 6. The first kappa shape index (κ1) is 18.2. The zero-order valence-corrected chi connectivity index (χ0v) is 14.2. The van der Waals surface area contributed by atoms with Gasteiger partial charge in [0.15, 0.2) is 0 Å². The highest BCUT2D eigenvalue weighted by atomic mass is 35.5. The van der Waals surface area contributed by atoms with Gasteiger partial charge in [-0.05, 0) is 30.5 Å². The minimum absolute atomic E-state index is 0.0278. The molecule has 8 heteroatoms. The number of benzene rings is 1. The summed E-state index contributed by atoms with van der Waals surface area (Å²) in [6, 6.07) is 3.12. The fraction of sp³-hybridized carbons (Fsp3) is 0.462. The van der Waals surface area contributed by atoms with Crippen LogP contribution >= 0.6 is 23.2 Å². The minimum atomic E-state index is -3.98. The maximum absolute atomic E-state index is 12.4. The molecule has 1 aromatic carbocycles. The molecule has 0 amide bonds. The van der Waals surface area contributed by atoms with Crippen LogP contribution in [0.1, 0.15) is 20.3 Å². The Kier molecular flexibility index (Phi) is 6.46. The lowest BCUT2D eigenvalue weighted by atomic mass is 10.1. The summed E-state index contributed by atoms with van der Waals surface area (Å²) >= 11 is 11.7. The van der Waals surface area contributed by atoms with Crippen LogP contribution in [0.5, 0.6) is 0 Å². The van der Waals surface area contributed by atoms with Crippen LogP contribution in [0.15, 0.2) is 23.1 Å². The van der Waals surface area contributed by atoms with Crippen LogP contribution in [0.2, 0.25) is 10.0 Å². The molecular weight excluding hydrogens is 337 g/mol. The monoisotopic (exact) mass is 353 g/mol. The number of halogens is 2. The number of ether oxygens (including phenoxy) is 1. The van der Waals surface area contributed by atoms with Gasteiger partial charge in [-0.15, -0.1) is 0 Å². The van der Waals surface area contributed by atoms with Crippen LogP contribution in [0.3, 0.4) is 0 Å². The van der Waals surface area contributed by atoms with Gasteiger partial charge in [0.1, 0.15) is 10.9 Å². The second kappa shape index (κ2) is 7.45. The fourth-order valence-corrected chi connectivity index (χ4v) is 3.70. The molecule has 0 spiro atoms. The molecule has 1 aromatic rings. The van der Waals surface area contributed by atoms with Crippen LogP contribution < -0.4 is 4.72 Å². The van der Waals surface area contributed by atoms with Crippen LogP contribution in [0.25, 0.3) is 0 Å². The molecule has 0 saturated carbocycles. The summed E-state index contributed by atoms with van der Waals surface area (Å²) in [5, 5.41) is 0.262. The lowest BCUT2D eigenvalue weighted by Crippen LogP contribution is -2.42. The minimum Gasteiger partial charge on any atom is -0.468 e. The standard InChI is InChI=1S/C13H17Cl2NO4S/c1-8(2)6-11(13(17)20-3)16-21(18,19)12-7-9(14)4-5-10(12)15/h4-5,7-8,11,16H,6H2,1-3H3/t11-/m1/s1. The maximum Gasteiger partial charge on any atom is 0.323 e. The van der Waals surface area contributed by atoms with Gasteiger partial charge in [0.25, 0.3) is 0 Å². The van der Waals surface area contributed by atoms with E-state index in [0.717, 1.165) is 0 Å². The van der Waals surface area contributed by atoms with Crippen LogP contribution in [-0.4, -0.2) is 27.5 Å². The fourth-order valence-electron chi connectivity index (χ4n) is 1.74. The van der Waals surface area contributed by atoms with Crippen LogP contribution in [0, 0.1) is 5.92 Å². The Morgan fingerprint density at radius 2 is 1.95 bits per heavy atom. The third kappa shape index (κ3) is 5.14. The van der Waals surface area contributed by atoms with Gasteiger partial charge >= 0.3 is 5.97 Å². The first-order valence-corrected chi connectivity index (χ1v) is 8.46. The summed E-state index contributed by atoms with van der Waals surface area (Å²) < 4.78 is 31.6. The number of nitrogens with one attached hydrogen (secondary N) is 1. The molecule has 0 aliphatic rings. The van der Waals surface area contributed by atoms with E-state index in [2.05, 4.69) is 9.46 Å². The number of sulfonamides is 1. The van der Waals surface area contributed by atoms with Crippen molar-refractivity contribution in [2.24, 2.45) is 5.92 Å². The lowest BCUT2D eigenvalue weighted by Gasteiger charge is -2.18. The molecule has 0 aromatic heterocycles. The summed E-state index contributed by atoms with van der Waals surface area (Å²) in [5.74, 6) is -0.544. The highest BCUT2D eigenvalue weighted by Gasteiger charge is 2.28. The number of carbonyl (C=O) groups excluding carboxylic acids is 1. The molecule has 1 atom stereocenters. The number of esters is 1. The van der Waals surface area contributed by atoms with E-state index in [-0.39, 0.29) is 20.9 Å². The quantitative estimate of drug-likeness (QED) is 0.798. The van der Waals surface area contributed by atoms with Crippen molar-refractivity contribution in [3.05, 3.63) is 28.2 Å². The van der Waals surface area contributed by atoms with E-state index in [0.29, 0.717) is 6.42 Å². The van der Waals surface area contributed by atoms with E-state index in [1.54, 1.807) is 0 Å². The largest absolute Gasteiger partial charge is 0.468 e. The normalized spacial score (nSPS) is 13.2. The molecule has 5 nitrogen and oxygen atoms in total. The SMILES string of the molecule is COC(=O)[C@@H](CC(C)C)NS(=O)(=O)c1cc(Cl)ccc1Cl. The number of methoxy groups -OCH3 is 1. The van der Waals surface area contributed by atoms with E-state index in [1.807, 2.05) is 13.8 Å². The average Bonchev–Trinajstić information content (AvgIpc) is 2.38. The van der Waals surface area contributed by atoms with E-state index in [9.17, 15) is 13.2 Å². The highest BCUT2D eigenvalue weighted by Crippen LogP contribution is 2.25. The van der Waals surface area contributed by atoms with Gasteiger partial charge < -0.3 is 4.74 Å². The van der Waals surface area contributed by atoms with Crippen LogP contribution in [0.4, 0.5) is 0 Å². The Bertz CT molecular complexity index is 617. The zero-order chi connectivity index (χ0) is 16.2. The summed E-state index contributed by atoms with van der Waals surface area (Å²) in [5.41, 5.74) is 0. The molecule has 1 rings (SSSR count). The van der Waals surface area contributed by atoms with E-state index in [1.165, 1.54) is 25.3 Å². The van der Waals surface area contributed by atoms with Gasteiger partial charge in [0.2, 0.25) is 10.0 Å². The zero-order valence-electron chi connectivity index (χ0n) is 11.9. The van der Waals surface area contributed by atoms with E-state index >= 15 is 0 Å². The Morgan fingerprint density at radius 1 is 1.33 bits per heavy atom. The van der Waals surface area contributed by atoms with Crippen molar-refractivity contribution in [2.45, 2.75) is 31.2 Å². The van der Waals surface area contributed by atoms with Crippen molar-refractivity contribution in [1.29, 1.82) is 0 Å². The van der Waals surface area contributed by atoms with Gasteiger partial charge in [-0.3, -0.25) is 4.79 Å². The predicted octanol–water partition coefficient (Wildman–Crippen LogP) is 2.86. The predicted molar refractivity (Wildman–Crippen MR) is 82.0 cm³/mol. The maximum atomic E-state index is 12.4. The molecule has 21 heavy (non-hydrogen) atoms. The Labute approximate surface area is 134 Å². The van der Waals surface area contributed by atoms with Gasteiger partial charge in [-0.1, -0.05) is 37.0 Å². The molecule has 0 heterocycles. The molecule has 0 unspecified atom stereocenters. The Balaban J connectivity index is 3.11. The molecule has 0 bridgehead atoms. The molecular formula is C13H17Cl2NO4S. The summed E-state index contributed by atoms with van der Waals surface area (Å²) in [6.07, 6.45) is 0.310. The summed E-state index contributed by atoms with van der Waals surface area (Å²) in [6.45, 7) is 3.74. The average molecular weight is 354 g/mol.